The van der Waals surface area contributed by atoms with Gasteiger partial charge in [-0.05, 0) is 46.8 Å². The third-order valence-electron chi connectivity index (χ3n) is 3.70. The molecule has 1 saturated carbocycles. The Morgan fingerprint density at radius 3 is 2.60 bits per heavy atom. The number of rotatable bonds is 2. The van der Waals surface area contributed by atoms with Crippen LogP contribution in [-0.4, -0.2) is 4.57 Å². The molecule has 2 aromatic rings. The van der Waals surface area contributed by atoms with Crippen LogP contribution in [0.5, 0.6) is 0 Å². The zero-order chi connectivity index (χ0) is 14.6. The molecule has 104 valence electrons. The van der Waals surface area contributed by atoms with E-state index >= 15 is 0 Å². The van der Waals surface area contributed by atoms with E-state index in [1.54, 1.807) is 11.5 Å². The van der Waals surface area contributed by atoms with Gasteiger partial charge in [-0.3, -0.25) is 4.79 Å². The van der Waals surface area contributed by atoms with Gasteiger partial charge in [0.1, 0.15) is 0 Å². The fourth-order valence-electron chi connectivity index (χ4n) is 2.57. The molecule has 1 aliphatic rings. The molecule has 3 rings (SSSR count). The Kier molecular flexibility index (Phi) is 3.05. The highest BCUT2D eigenvalue weighted by Gasteiger charge is 2.29. The minimum absolute atomic E-state index is 0.0671. The zero-order valence-corrected chi connectivity index (χ0v) is 12.4. The van der Waals surface area contributed by atoms with Crippen LogP contribution in [0.3, 0.4) is 0 Å². The van der Waals surface area contributed by atoms with Crippen LogP contribution in [0.1, 0.15) is 30.0 Å². The number of hydrogen-bond donors (Lipinski definition) is 0. The summed E-state index contributed by atoms with van der Waals surface area (Å²) in [6.45, 7) is 5.27. The molecule has 0 bridgehead atoms. The van der Waals surface area contributed by atoms with Crippen molar-refractivity contribution in [2.24, 2.45) is 0 Å². The molecule has 0 saturated heterocycles. The summed E-state index contributed by atoms with van der Waals surface area (Å²) in [6, 6.07) is 1.41. The van der Waals surface area contributed by atoms with E-state index < -0.39 is 11.6 Å². The molecule has 1 aromatic carbocycles. The molecule has 1 aromatic heterocycles. The average molecular weight is 340 g/mol. The fraction of sp³-hybridized carbons (Fsp3) is 0.267. The van der Waals surface area contributed by atoms with E-state index in [1.807, 2.05) is 0 Å². The molecule has 1 fully saturated rings. The lowest BCUT2D eigenvalue weighted by Crippen LogP contribution is -2.21. The van der Waals surface area contributed by atoms with Gasteiger partial charge >= 0.3 is 0 Å². The van der Waals surface area contributed by atoms with Crippen molar-refractivity contribution in [3.8, 4) is 0 Å². The highest BCUT2D eigenvalue weighted by Crippen LogP contribution is 2.40. The highest BCUT2D eigenvalue weighted by atomic mass is 79.9. The van der Waals surface area contributed by atoms with Crippen LogP contribution < -0.4 is 5.56 Å². The van der Waals surface area contributed by atoms with Crippen molar-refractivity contribution in [2.75, 3.05) is 0 Å². The Morgan fingerprint density at radius 2 is 2.05 bits per heavy atom. The van der Waals surface area contributed by atoms with Crippen LogP contribution >= 0.6 is 15.9 Å². The summed E-state index contributed by atoms with van der Waals surface area (Å²) in [7, 11) is 0. The van der Waals surface area contributed by atoms with Gasteiger partial charge in [0.2, 0.25) is 0 Å². The number of halogens is 3. The number of pyridine rings is 1. The van der Waals surface area contributed by atoms with Crippen molar-refractivity contribution in [3.63, 3.8) is 0 Å². The zero-order valence-electron chi connectivity index (χ0n) is 10.8. The first kappa shape index (κ1) is 13.5. The van der Waals surface area contributed by atoms with Gasteiger partial charge in [0, 0.05) is 17.5 Å². The number of aryl methyl sites for hydroxylation is 1. The second-order valence-corrected chi connectivity index (χ2v) is 5.83. The molecule has 0 N–H and O–H groups in total. The van der Waals surface area contributed by atoms with Crippen LogP contribution in [0.4, 0.5) is 8.78 Å². The SMILES string of the molecule is C=Cc1cc(=O)n(C2CC2)c2c(C)c(Br)c(F)c(F)c12. The lowest BCUT2D eigenvalue weighted by atomic mass is 10.0. The Labute approximate surface area is 122 Å². The first-order chi connectivity index (χ1) is 9.47. The molecular formula is C15H12BrF2NO. The maximum absolute atomic E-state index is 14.3. The minimum atomic E-state index is -0.943. The number of hydrogen-bond acceptors (Lipinski definition) is 1. The Hall–Kier alpha value is -1.49. The van der Waals surface area contributed by atoms with Gasteiger partial charge < -0.3 is 4.57 Å². The number of aromatic nitrogens is 1. The largest absolute Gasteiger partial charge is 0.305 e. The van der Waals surface area contributed by atoms with E-state index in [1.165, 1.54) is 12.1 Å². The molecule has 2 nitrogen and oxygen atoms in total. The maximum Gasteiger partial charge on any atom is 0.251 e. The molecule has 20 heavy (non-hydrogen) atoms. The van der Waals surface area contributed by atoms with Gasteiger partial charge in [0.25, 0.3) is 5.56 Å². The molecule has 0 radical (unpaired) electrons. The summed E-state index contributed by atoms with van der Waals surface area (Å²) in [4.78, 5) is 12.2. The first-order valence-corrected chi connectivity index (χ1v) is 7.11. The highest BCUT2D eigenvalue weighted by molar-refractivity contribution is 9.10. The first-order valence-electron chi connectivity index (χ1n) is 6.32. The predicted molar refractivity (Wildman–Crippen MR) is 78.9 cm³/mol. The second kappa shape index (κ2) is 4.52. The quantitative estimate of drug-likeness (QED) is 0.746. The van der Waals surface area contributed by atoms with Crippen LogP contribution in [0, 0.1) is 18.6 Å². The molecule has 0 aliphatic heterocycles. The lowest BCUT2D eigenvalue weighted by molar-refractivity contribution is 0.510. The van der Waals surface area contributed by atoms with Crippen molar-refractivity contribution in [1.29, 1.82) is 0 Å². The Bertz CT molecular complexity index is 806. The van der Waals surface area contributed by atoms with E-state index in [0.29, 0.717) is 16.6 Å². The summed E-state index contributed by atoms with van der Waals surface area (Å²) >= 11 is 3.07. The topological polar surface area (TPSA) is 22.0 Å². The average Bonchev–Trinajstić information content (AvgIpc) is 3.25. The summed E-state index contributed by atoms with van der Waals surface area (Å²) in [5.74, 6) is -1.87. The van der Waals surface area contributed by atoms with Crippen LogP contribution in [0.25, 0.3) is 17.0 Å². The Balaban J connectivity index is 2.62. The third kappa shape index (κ3) is 1.76. The molecule has 1 heterocycles. The van der Waals surface area contributed by atoms with Gasteiger partial charge in [0.15, 0.2) is 11.6 Å². The van der Waals surface area contributed by atoms with E-state index in [4.69, 9.17) is 0 Å². The van der Waals surface area contributed by atoms with Crippen LogP contribution in [0.2, 0.25) is 0 Å². The van der Waals surface area contributed by atoms with E-state index in [2.05, 4.69) is 22.5 Å². The minimum Gasteiger partial charge on any atom is -0.305 e. The lowest BCUT2D eigenvalue weighted by Gasteiger charge is -2.16. The summed E-state index contributed by atoms with van der Waals surface area (Å²) in [5.41, 5.74) is 1.12. The molecule has 1 aliphatic carbocycles. The molecule has 0 amide bonds. The van der Waals surface area contributed by atoms with E-state index in [-0.39, 0.29) is 21.5 Å². The van der Waals surface area contributed by atoms with Crippen molar-refractivity contribution in [1.82, 2.24) is 4.57 Å². The monoisotopic (exact) mass is 339 g/mol. The second-order valence-electron chi connectivity index (χ2n) is 5.03. The van der Waals surface area contributed by atoms with Gasteiger partial charge in [-0.1, -0.05) is 12.7 Å². The van der Waals surface area contributed by atoms with Crippen molar-refractivity contribution >= 4 is 32.9 Å². The predicted octanol–water partition coefficient (Wildman–Crippen LogP) is 4.33. The number of fused-ring (bicyclic) bond motifs is 1. The van der Waals surface area contributed by atoms with Gasteiger partial charge in [0.05, 0.1) is 9.99 Å². The van der Waals surface area contributed by atoms with Gasteiger partial charge in [-0.15, -0.1) is 0 Å². The molecule has 5 heteroatoms. The molecule has 0 spiro atoms. The van der Waals surface area contributed by atoms with E-state index in [0.717, 1.165) is 12.8 Å². The number of benzene rings is 1. The van der Waals surface area contributed by atoms with Gasteiger partial charge in [-0.2, -0.15) is 0 Å². The van der Waals surface area contributed by atoms with Gasteiger partial charge in [-0.25, -0.2) is 8.78 Å². The standard InChI is InChI=1S/C15H12BrF2NO/c1-3-8-6-10(20)19(9-4-5-9)15-7(2)12(16)14(18)13(17)11(8)15/h3,6,9H,1,4-5H2,2H3. The fourth-order valence-corrected chi connectivity index (χ4v) is 2.93. The van der Waals surface area contributed by atoms with Crippen LogP contribution in [0.15, 0.2) is 21.9 Å². The smallest absolute Gasteiger partial charge is 0.251 e. The summed E-state index contributed by atoms with van der Waals surface area (Å²) in [6.07, 6.45) is 3.16. The maximum atomic E-state index is 14.3. The molecule has 0 atom stereocenters. The third-order valence-corrected chi connectivity index (χ3v) is 4.65. The van der Waals surface area contributed by atoms with Crippen molar-refractivity contribution in [2.45, 2.75) is 25.8 Å². The van der Waals surface area contributed by atoms with Crippen molar-refractivity contribution < 1.29 is 8.78 Å². The summed E-state index contributed by atoms with van der Waals surface area (Å²) in [5, 5.41) is 0.129. The molecular weight excluding hydrogens is 328 g/mol. The van der Waals surface area contributed by atoms with Crippen molar-refractivity contribution in [3.05, 3.63) is 50.2 Å². The summed E-state index contributed by atoms with van der Waals surface area (Å²) < 4.78 is 29.9. The van der Waals surface area contributed by atoms with E-state index in [9.17, 15) is 13.6 Å². The Morgan fingerprint density at radius 1 is 1.40 bits per heavy atom. The number of nitrogens with zero attached hydrogens (tertiary/aromatic N) is 1. The van der Waals surface area contributed by atoms with Crippen LogP contribution in [-0.2, 0) is 0 Å². The normalized spacial score (nSPS) is 14.8. The molecule has 0 unspecified atom stereocenters.